The molecule has 0 saturated heterocycles. The first kappa shape index (κ1) is 15.5. The van der Waals surface area contributed by atoms with Crippen molar-refractivity contribution in [1.82, 2.24) is 0 Å². The molecule has 106 valence electrons. The molecule has 0 aliphatic carbocycles. The summed E-state index contributed by atoms with van der Waals surface area (Å²) in [7, 11) is 1.51. The van der Waals surface area contributed by atoms with Crippen molar-refractivity contribution in [3.63, 3.8) is 0 Å². The van der Waals surface area contributed by atoms with Crippen molar-refractivity contribution in [2.75, 3.05) is 7.11 Å². The van der Waals surface area contributed by atoms with Crippen LogP contribution in [0.3, 0.4) is 0 Å². The second-order valence-electron chi connectivity index (χ2n) is 4.36. The third-order valence-corrected chi connectivity index (χ3v) is 3.81. The second-order valence-corrected chi connectivity index (χ2v) is 5.61. The van der Waals surface area contributed by atoms with Crippen LogP contribution in [0, 0.1) is 0 Å². The molecule has 2 rings (SSSR count). The lowest BCUT2D eigenvalue weighted by atomic mass is 10.0. The number of aliphatic hydroxyl groups excluding tert-OH is 1. The van der Waals surface area contributed by atoms with Gasteiger partial charge in [0.25, 0.3) is 0 Å². The molecule has 5 heteroatoms. The molecule has 0 bridgehead atoms. The van der Waals surface area contributed by atoms with Crippen LogP contribution < -0.4 is 4.74 Å². The Kier molecular flexibility index (Phi) is 5.17. The van der Waals surface area contributed by atoms with Gasteiger partial charge < -0.3 is 9.84 Å². The van der Waals surface area contributed by atoms with Crippen molar-refractivity contribution in [3.8, 4) is 5.75 Å². The van der Waals surface area contributed by atoms with Crippen LogP contribution in [-0.2, 0) is 6.42 Å². The van der Waals surface area contributed by atoms with E-state index < -0.39 is 6.10 Å². The summed E-state index contributed by atoms with van der Waals surface area (Å²) in [6.45, 7) is 0. The lowest BCUT2D eigenvalue weighted by molar-refractivity contribution is 0.178. The number of hydrogen-bond donors (Lipinski definition) is 1. The average molecular weight is 332 g/mol. The Morgan fingerprint density at radius 1 is 1.10 bits per heavy atom. The Morgan fingerprint density at radius 3 is 2.50 bits per heavy atom. The lowest BCUT2D eigenvalue weighted by Gasteiger charge is -2.15. The molecule has 0 saturated carbocycles. The summed E-state index contributed by atoms with van der Waals surface area (Å²) in [4.78, 5) is 0. The monoisotopic (exact) mass is 330 g/mol. The molecule has 0 radical (unpaired) electrons. The van der Waals surface area contributed by atoms with E-state index in [0.717, 1.165) is 5.56 Å². The molecule has 2 aromatic rings. The van der Waals surface area contributed by atoms with Gasteiger partial charge in [-0.1, -0.05) is 46.9 Å². The van der Waals surface area contributed by atoms with E-state index in [0.29, 0.717) is 32.8 Å². The quantitative estimate of drug-likeness (QED) is 0.860. The highest BCUT2D eigenvalue weighted by Crippen LogP contribution is 2.35. The van der Waals surface area contributed by atoms with E-state index in [2.05, 4.69) is 0 Å². The standard InChI is InChI=1S/C15H13Cl3O2/c1-20-15-8-12(17)11(7-13(15)18)14(19)6-9-3-2-4-10(16)5-9/h2-5,7-8,14,19H,6H2,1H3. The fourth-order valence-electron chi connectivity index (χ4n) is 1.95. The van der Waals surface area contributed by atoms with E-state index in [1.165, 1.54) is 7.11 Å². The van der Waals surface area contributed by atoms with Crippen molar-refractivity contribution in [1.29, 1.82) is 0 Å². The Balaban J connectivity index is 2.25. The maximum atomic E-state index is 10.3. The van der Waals surface area contributed by atoms with Crippen LogP contribution in [0.4, 0.5) is 0 Å². The van der Waals surface area contributed by atoms with Crippen LogP contribution in [0.15, 0.2) is 36.4 Å². The predicted molar refractivity (Wildman–Crippen MR) is 83.1 cm³/mol. The number of hydrogen-bond acceptors (Lipinski definition) is 2. The molecule has 2 nitrogen and oxygen atoms in total. The number of ether oxygens (including phenoxy) is 1. The van der Waals surface area contributed by atoms with E-state index >= 15 is 0 Å². The number of methoxy groups -OCH3 is 1. The van der Waals surface area contributed by atoms with Crippen molar-refractivity contribution < 1.29 is 9.84 Å². The van der Waals surface area contributed by atoms with Gasteiger partial charge in [0, 0.05) is 23.1 Å². The molecule has 0 fully saturated rings. The van der Waals surface area contributed by atoms with Gasteiger partial charge in [-0.3, -0.25) is 0 Å². The van der Waals surface area contributed by atoms with Gasteiger partial charge in [0.1, 0.15) is 5.75 Å². The van der Waals surface area contributed by atoms with E-state index in [1.807, 2.05) is 18.2 Å². The zero-order valence-electron chi connectivity index (χ0n) is 10.7. The molecule has 20 heavy (non-hydrogen) atoms. The molecule has 1 N–H and O–H groups in total. The number of halogens is 3. The Bertz CT molecular complexity index is 614. The zero-order chi connectivity index (χ0) is 14.7. The van der Waals surface area contributed by atoms with Crippen molar-refractivity contribution in [2.24, 2.45) is 0 Å². The first-order valence-corrected chi connectivity index (χ1v) is 7.10. The van der Waals surface area contributed by atoms with Crippen LogP contribution in [0.25, 0.3) is 0 Å². The minimum atomic E-state index is -0.760. The van der Waals surface area contributed by atoms with E-state index in [-0.39, 0.29) is 0 Å². The summed E-state index contributed by atoms with van der Waals surface area (Å²) >= 11 is 18.1. The Hall–Kier alpha value is -0.930. The summed E-state index contributed by atoms with van der Waals surface area (Å²) in [6, 6.07) is 10.6. The SMILES string of the molecule is COc1cc(Cl)c(C(O)Cc2cccc(Cl)c2)cc1Cl. The van der Waals surface area contributed by atoms with Crippen molar-refractivity contribution in [3.05, 3.63) is 62.6 Å². The van der Waals surface area contributed by atoms with Crippen molar-refractivity contribution in [2.45, 2.75) is 12.5 Å². The maximum Gasteiger partial charge on any atom is 0.138 e. The smallest absolute Gasteiger partial charge is 0.138 e. The van der Waals surface area contributed by atoms with Gasteiger partial charge in [0.05, 0.1) is 23.3 Å². The van der Waals surface area contributed by atoms with Crippen LogP contribution in [-0.4, -0.2) is 12.2 Å². The molecule has 0 aromatic heterocycles. The van der Waals surface area contributed by atoms with Gasteiger partial charge in [-0.2, -0.15) is 0 Å². The fraction of sp³-hybridized carbons (Fsp3) is 0.200. The third-order valence-electron chi connectivity index (χ3n) is 2.95. The first-order valence-electron chi connectivity index (χ1n) is 5.96. The summed E-state index contributed by atoms with van der Waals surface area (Å²) in [5, 5.41) is 11.8. The molecule has 0 amide bonds. The van der Waals surface area contributed by atoms with Crippen LogP contribution in [0.5, 0.6) is 5.75 Å². The molecule has 1 atom stereocenters. The Labute approximate surface area is 132 Å². The van der Waals surface area contributed by atoms with Gasteiger partial charge in [-0.15, -0.1) is 0 Å². The molecule has 0 aliphatic rings. The summed E-state index contributed by atoms with van der Waals surface area (Å²) in [5.74, 6) is 0.482. The molecular weight excluding hydrogens is 319 g/mol. The average Bonchev–Trinajstić information content (AvgIpc) is 2.40. The molecule has 2 aromatic carbocycles. The normalized spacial score (nSPS) is 12.2. The summed E-state index contributed by atoms with van der Waals surface area (Å²) in [6.07, 6.45) is -0.354. The number of aliphatic hydroxyl groups is 1. The fourth-order valence-corrected chi connectivity index (χ4v) is 2.69. The van der Waals surface area contributed by atoms with Crippen molar-refractivity contribution >= 4 is 34.8 Å². The minimum absolute atomic E-state index is 0.406. The highest BCUT2D eigenvalue weighted by atomic mass is 35.5. The van der Waals surface area contributed by atoms with Crippen LogP contribution >= 0.6 is 34.8 Å². The molecule has 0 spiro atoms. The van der Waals surface area contributed by atoms with Gasteiger partial charge in [0.15, 0.2) is 0 Å². The molecule has 0 aliphatic heterocycles. The maximum absolute atomic E-state index is 10.3. The van der Waals surface area contributed by atoms with Crippen LogP contribution in [0.2, 0.25) is 15.1 Å². The molecule has 0 heterocycles. The largest absolute Gasteiger partial charge is 0.495 e. The molecule has 1 unspecified atom stereocenters. The highest BCUT2D eigenvalue weighted by molar-refractivity contribution is 6.34. The molecular formula is C15H13Cl3O2. The predicted octanol–water partition coefficient (Wildman–Crippen LogP) is 4.93. The zero-order valence-corrected chi connectivity index (χ0v) is 13.0. The van der Waals surface area contributed by atoms with Gasteiger partial charge in [-0.05, 0) is 23.8 Å². The lowest BCUT2D eigenvalue weighted by Crippen LogP contribution is -2.03. The second kappa shape index (κ2) is 6.68. The number of benzene rings is 2. The third kappa shape index (κ3) is 3.58. The first-order chi connectivity index (χ1) is 9.51. The summed E-state index contributed by atoms with van der Waals surface area (Å²) in [5.41, 5.74) is 1.49. The van der Waals surface area contributed by atoms with E-state index in [1.54, 1.807) is 18.2 Å². The van der Waals surface area contributed by atoms with E-state index in [9.17, 15) is 5.11 Å². The van der Waals surface area contributed by atoms with Gasteiger partial charge >= 0.3 is 0 Å². The van der Waals surface area contributed by atoms with Gasteiger partial charge in [0.2, 0.25) is 0 Å². The van der Waals surface area contributed by atoms with E-state index in [4.69, 9.17) is 39.5 Å². The topological polar surface area (TPSA) is 29.5 Å². The number of rotatable bonds is 4. The Morgan fingerprint density at radius 2 is 1.85 bits per heavy atom. The highest BCUT2D eigenvalue weighted by Gasteiger charge is 2.16. The van der Waals surface area contributed by atoms with Gasteiger partial charge in [-0.25, -0.2) is 0 Å². The van der Waals surface area contributed by atoms with Crippen LogP contribution in [0.1, 0.15) is 17.2 Å². The summed E-state index contributed by atoms with van der Waals surface area (Å²) < 4.78 is 5.08. The minimum Gasteiger partial charge on any atom is -0.495 e.